The molecule has 0 saturated heterocycles. The highest BCUT2D eigenvalue weighted by atomic mass is 32.1. The molecule has 1 N–H and O–H groups in total. The van der Waals surface area contributed by atoms with Crippen molar-refractivity contribution in [3.05, 3.63) is 45.9 Å². The van der Waals surface area contributed by atoms with Crippen molar-refractivity contribution in [3.63, 3.8) is 0 Å². The highest BCUT2D eigenvalue weighted by molar-refractivity contribution is 7.13. The summed E-state index contributed by atoms with van der Waals surface area (Å²) >= 11 is 1.72. The number of nitrogens with one attached hydrogen (secondary N) is 1. The number of pyridine rings is 1. The van der Waals surface area contributed by atoms with Crippen LogP contribution in [0.5, 0.6) is 0 Å². The minimum atomic E-state index is -0.0514. The van der Waals surface area contributed by atoms with Gasteiger partial charge in [-0.15, -0.1) is 11.3 Å². The van der Waals surface area contributed by atoms with Crippen molar-refractivity contribution >= 4 is 34.6 Å². The Morgan fingerprint density at radius 1 is 1.39 bits per heavy atom. The Labute approximate surface area is 109 Å². The molecule has 0 unspecified atom stereocenters. The summed E-state index contributed by atoms with van der Waals surface area (Å²) in [6, 6.07) is 6.04. The Morgan fingerprint density at radius 3 is 3.06 bits per heavy atom. The normalized spacial score (nSPS) is 15.8. The molecule has 2 aromatic rings. The molecule has 0 radical (unpaired) electrons. The van der Waals surface area contributed by atoms with E-state index in [4.69, 9.17) is 0 Å². The van der Waals surface area contributed by atoms with Gasteiger partial charge in [-0.3, -0.25) is 9.78 Å². The summed E-state index contributed by atoms with van der Waals surface area (Å²) in [4.78, 5) is 18.4. The monoisotopic (exact) mass is 256 g/mol. The molecule has 1 aliphatic heterocycles. The molecule has 90 valence electrons. The van der Waals surface area contributed by atoms with Gasteiger partial charge in [0.05, 0.1) is 17.5 Å². The number of anilines is 1. The molecule has 18 heavy (non-hydrogen) atoms. The minimum absolute atomic E-state index is 0.0514. The van der Waals surface area contributed by atoms with E-state index < -0.39 is 0 Å². The van der Waals surface area contributed by atoms with Crippen LogP contribution in [0.2, 0.25) is 0 Å². The summed E-state index contributed by atoms with van der Waals surface area (Å²) in [6.45, 7) is 2.13. The van der Waals surface area contributed by atoms with Gasteiger partial charge in [0.1, 0.15) is 0 Å². The number of fused-ring (bicyclic) bond motifs is 1. The van der Waals surface area contributed by atoms with Gasteiger partial charge in [-0.2, -0.15) is 0 Å². The SMILES string of the molecule is CCc1ccc(C=C2C(=O)Nc3cnccc32)s1. The van der Waals surface area contributed by atoms with Crippen LogP contribution in [0.15, 0.2) is 30.6 Å². The molecule has 0 atom stereocenters. The molecule has 4 heteroatoms. The first kappa shape index (κ1) is 11.2. The van der Waals surface area contributed by atoms with E-state index in [9.17, 15) is 4.79 Å². The number of aryl methyl sites for hydroxylation is 1. The number of hydrogen-bond acceptors (Lipinski definition) is 3. The van der Waals surface area contributed by atoms with Crippen molar-refractivity contribution in [2.24, 2.45) is 0 Å². The van der Waals surface area contributed by atoms with Gasteiger partial charge in [0.25, 0.3) is 5.91 Å². The summed E-state index contributed by atoms with van der Waals surface area (Å²) in [7, 11) is 0. The molecule has 1 amide bonds. The number of aromatic nitrogens is 1. The maximum absolute atomic E-state index is 11.9. The first-order valence-electron chi connectivity index (χ1n) is 5.84. The van der Waals surface area contributed by atoms with Crippen molar-refractivity contribution in [2.75, 3.05) is 5.32 Å². The zero-order valence-electron chi connectivity index (χ0n) is 9.93. The van der Waals surface area contributed by atoms with Crippen LogP contribution in [0.25, 0.3) is 11.6 Å². The topological polar surface area (TPSA) is 42.0 Å². The van der Waals surface area contributed by atoms with Crippen LogP contribution in [-0.4, -0.2) is 10.9 Å². The first-order valence-corrected chi connectivity index (χ1v) is 6.65. The minimum Gasteiger partial charge on any atom is -0.320 e. The van der Waals surface area contributed by atoms with E-state index >= 15 is 0 Å². The lowest BCUT2D eigenvalue weighted by atomic mass is 10.1. The van der Waals surface area contributed by atoms with Gasteiger partial charge in [0.2, 0.25) is 0 Å². The molecule has 1 aliphatic rings. The zero-order chi connectivity index (χ0) is 12.5. The highest BCUT2D eigenvalue weighted by Gasteiger charge is 2.23. The second kappa shape index (κ2) is 4.38. The number of carbonyl (C=O) groups is 1. The van der Waals surface area contributed by atoms with Gasteiger partial charge < -0.3 is 5.32 Å². The second-order valence-corrected chi connectivity index (χ2v) is 5.29. The van der Waals surface area contributed by atoms with E-state index in [1.54, 1.807) is 23.7 Å². The van der Waals surface area contributed by atoms with Crippen molar-refractivity contribution in [1.82, 2.24) is 4.98 Å². The van der Waals surface area contributed by atoms with Gasteiger partial charge in [-0.1, -0.05) is 6.92 Å². The van der Waals surface area contributed by atoms with E-state index in [0.29, 0.717) is 0 Å². The maximum Gasteiger partial charge on any atom is 0.256 e. The fourth-order valence-electron chi connectivity index (χ4n) is 1.99. The Hall–Kier alpha value is -1.94. The molecule has 0 fully saturated rings. The average molecular weight is 256 g/mol. The summed E-state index contributed by atoms with van der Waals surface area (Å²) < 4.78 is 0. The van der Waals surface area contributed by atoms with Crippen molar-refractivity contribution in [1.29, 1.82) is 0 Å². The van der Waals surface area contributed by atoms with Crippen LogP contribution in [0.4, 0.5) is 5.69 Å². The second-order valence-electron chi connectivity index (χ2n) is 4.09. The maximum atomic E-state index is 11.9. The predicted octanol–water partition coefficient (Wildman–Crippen LogP) is 3.20. The number of carbonyl (C=O) groups excluding carboxylic acids is 1. The van der Waals surface area contributed by atoms with E-state index in [1.807, 2.05) is 12.1 Å². The molecule has 3 nitrogen and oxygen atoms in total. The zero-order valence-corrected chi connectivity index (χ0v) is 10.8. The fourth-order valence-corrected chi connectivity index (χ4v) is 2.88. The Balaban J connectivity index is 2.04. The van der Waals surface area contributed by atoms with Crippen LogP contribution in [0.3, 0.4) is 0 Å². The highest BCUT2D eigenvalue weighted by Crippen LogP contribution is 2.33. The first-order chi connectivity index (χ1) is 8.78. The van der Waals surface area contributed by atoms with Gasteiger partial charge in [0.15, 0.2) is 0 Å². The third kappa shape index (κ3) is 1.84. The Kier molecular flexibility index (Phi) is 2.72. The molecular weight excluding hydrogens is 244 g/mol. The summed E-state index contributed by atoms with van der Waals surface area (Å²) in [6.07, 6.45) is 6.37. The number of nitrogens with zero attached hydrogens (tertiary/aromatic N) is 1. The van der Waals surface area contributed by atoms with Gasteiger partial charge in [0, 0.05) is 21.5 Å². The van der Waals surface area contributed by atoms with Crippen LogP contribution < -0.4 is 5.32 Å². The summed E-state index contributed by atoms with van der Waals surface area (Å²) in [5, 5.41) is 2.82. The largest absolute Gasteiger partial charge is 0.320 e. The Bertz CT molecular complexity index is 643. The lowest BCUT2D eigenvalue weighted by Gasteiger charge is -1.95. The number of thiophene rings is 1. The number of hydrogen-bond donors (Lipinski definition) is 1. The van der Waals surface area contributed by atoms with Crippen molar-refractivity contribution in [3.8, 4) is 0 Å². The quantitative estimate of drug-likeness (QED) is 0.838. The van der Waals surface area contributed by atoms with Crippen molar-refractivity contribution < 1.29 is 4.79 Å². The van der Waals surface area contributed by atoms with Crippen LogP contribution in [0.1, 0.15) is 22.2 Å². The van der Waals surface area contributed by atoms with Crippen LogP contribution >= 0.6 is 11.3 Å². The molecule has 3 heterocycles. The lowest BCUT2D eigenvalue weighted by Crippen LogP contribution is -2.03. The number of rotatable bonds is 2. The molecular formula is C14H12N2OS. The van der Waals surface area contributed by atoms with E-state index in [-0.39, 0.29) is 5.91 Å². The summed E-state index contributed by atoms with van der Waals surface area (Å²) in [5.74, 6) is -0.0514. The fraction of sp³-hybridized carbons (Fsp3) is 0.143. The third-order valence-corrected chi connectivity index (χ3v) is 4.10. The predicted molar refractivity (Wildman–Crippen MR) is 74.4 cm³/mol. The Morgan fingerprint density at radius 2 is 2.28 bits per heavy atom. The molecule has 0 spiro atoms. The van der Waals surface area contributed by atoms with E-state index in [1.165, 1.54) is 4.88 Å². The molecule has 0 bridgehead atoms. The van der Waals surface area contributed by atoms with Gasteiger partial charge in [-0.25, -0.2) is 0 Å². The average Bonchev–Trinajstić information content (AvgIpc) is 2.96. The molecule has 0 aliphatic carbocycles. The van der Waals surface area contributed by atoms with E-state index in [0.717, 1.165) is 28.1 Å². The molecule has 3 rings (SSSR count). The summed E-state index contributed by atoms with van der Waals surface area (Å²) in [5.41, 5.74) is 2.44. The lowest BCUT2D eigenvalue weighted by molar-refractivity contribution is -0.110. The van der Waals surface area contributed by atoms with Gasteiger partial charge in [-0.05, 0) is 30.7 Å². The molecule has 2 aromatic heterocycles. The molecule has 0 aromatic carbocycles. The third-order valence-electron chi connectivity index (χ3n) is 2.92. The van der Waals surface area contributed by atoms with Crippen LogP contribution in [0, 0.1) is 0 Å². The standard InChI is InChI=1S/C14H12N2OS/c1-2-9-3-4-10(18-9)7-12-11-5-6-15-8-13(11)16-14(12)17/h3-8H,2H2,1H3,(H,16,17). The van der Waals surface area contributed by atoms with Crippen LogP contribution in [-0.2, 0) is 11.2 Å². The van der Waals surface area contributed by atoms with Crippen molar-refractivity contribution in [2.45, 2.75) is 13.3 Å². The van der Waals surface area contributed by atoms with E-state index in [2.05, 4.69) is 29.4 Å². The number of amides is 1. The smallest absolute Gasteiger partial charge is 0.256 e. The molecule has 0 saturated carbocycles. The van der Waals surface area contributed by atoms with Gasteiger partial charge >= 0.3 is 0 Å².